The van der Waals surface area contributed by atoms with Gasteiger partial charge in [0.1, 0.15) is 12.6 Å². The van der Waals surface area contributed by atoms with E-state index in [1.807, 2.05) is 24.3 Å². The number of carbonyl (C=O) groups is 3. The normalized spacial score (nSPS) is 11.4. The molecule has 1 aromatic rings. The van der Waals surface area contributed by atoms with E-state index in [9.17, 15) is 14.4 Å². The third-order valence-corrected chi connectivity index (χ3v) is 2.82. The lowest BCUT2D eigenvalue weighted by Gasteiger charge is -2.09. The Bertz CT molecular complexity index is 550. The minimum atomic E-state index is -1.02. The maximum Gasteiger partial charge on any atom is 0.330 e. The van der Waals surface area contributed by atoms with Crippen LogP contribution in [0, 0.1) is 0 Å². The van der Waals surface area contributed by atoms with Gasteiger partial charge in [-0.3, -0.25) is 9.59 Å². The number of hydrogen-bond acceptors (Lipinski definition) is 6. The molecule has 0 aliphatic heterocycles. The molecule has 22 heavy (non-hydrogen) atoms. The molecule has 6 heteroatoms. The van der Waals surface area contributed by atoms with Crippen LogP contribution in [0.5, 0.6) is 0 Å². The molecular formula is C16H19NO5. The third kappa shape index (κ3) is 6.32. The van der Waals surface area contributed by atoms with Gasteiger partial charge in [0.05, 0.1) is 0 Å². The zero-order valence-corrected chi connectivity index (χ0v) is 12.4. The lowest BCUT2D eigenvalue weighted by Crippen LogP contribution is -2.33. The topological polar surface area (TPSA) is 95.7 Å². The highest BCUT2D eigenvalue weighted by Crippen LogP contribution is 2.08. The molecule has 0 fully saturated rings. The molecule has 0 unspecified atom stereocenters. The first-order valence-corrected chi connectivity index (χ1v) is 6.77. The van der Waals surface area contributed by atoms with Crippen LogP contribution in [0.25, 0.3) is 6.08 Å². The van der Waals surface area contributed by atoms with Crippen molar-refractivity contribution in [2.24, 2.45) is 5.73 Å². The summed E-state index contributed by atoms with van der Waals surface area (Å²) in [5.74, 6) is -2.05. The first-order valence-electron chi connectivity index (χ1n) is 6.77. The van der Waals surface area contributed by atoms with Gasteiger partial charge in [0.15, 0.2) is 0 Å². The standard InChI is InChI=1S/C16H19NO5/c1-3-12-4-6-13(7-5-12)10-21-15(19)9-8-14(17)16(20)22-11(2)18/h3-7,14H,1,8-10,17H2,2H3/t14-/m0/s1. The van der Waals surface area contributed by atoms with Gasteiger partial charge in [0, 0.05) is 13.3 Å². The predicted molar refractivity (Wildman–Crippen MR) is 80.3 cm³/mol. The van der Waals surface area contributed by atoms with Crippen LogP contribution in [0.3, 0.4) is 0 Å². The second-order valence-electron chi connectivity index (χ2n) is 4.66. The van der Waals surface area contributed by atoms with Crippen molar-refractivity contribution < 1.29 is 23.9 Å². The SMILES string of the molecule is C=Cc1ccc(COC(=O)CC[C@H](N)C(=O)OC(C)=O)cc1. The average Bonchev–Trinajstić information content (AvgIpc) is 2.50. The van der Waals surface area contributed by atoms with E-state index in [1.54, 1.807) is 6.08 Å². The molecule has 118 valence electrons. The lowest BCUT2D eigenvalue weighted by atomic mass is 10.1. The van der Waals surface area contributed by atoms with Crippen molar-refractivity contribution in [3.05, 3.63) is 42.0 Å². The van der Waals surface area contributed by atoms with Crippen LogP contribution in [0.4, 0.5) is 0 Å². The number of ether oxygens (including phenoxy) is 2. The summed E-state index contributed by atoms with van der Waals surface area (Å²) in [4.78, 5) is 33.5. The van der Waals surface area contributed by atoms with Crippen LogP contribution in [0.2, 0.25) is 0 Å². The molecule has 0 aromatic heterocycles. The van der Waals surface area contributed by atoms with Crippen molar-refractivity contribution in [3.63, 3.8) is 0 Å². The number of carbonyl (C=O) groups excluding carboxylic acids is 3. The molecule has 0 heterocycles. The van der Waals surface area contributed by atoms with E-state index in [0.29, 0.717) is 0 Å². The fourth-order valence-corrected chi connectivity index (χ4v) is 1.59. The minimum Gasteiger partial charge on any atom is -0.461 e. The molecule has 1 aromatic carbocycles. The van der Waals surface area contributed by atoms with Gasteiger partial charge in [-0.2, -0.15) is 0 Å². The molecule has 1 rings (SSSR count). The maximum absolute atomic E-state index is 11.6. The first kappa shape index (κ1) is 17.6. The van der Waals surface area contributed by atoms with Gasteiger partial charge in [0.2, 0.25) is 0 Å². The van der Waals surface area contributed by atoms with E-state index in [2.05, 4.69) is 11.3 Å². The fourth-order valence-electron chi connectivity index (χ4n) is 1.59. The molecule has 6 nitrogen and oxygen atoms in total. The monoisotopic (exact) mass is 305 g/mol. The van der Waals surface area contributed by atoms with Crippen molar-refractivity contribution in [3.8, 4) is 0 Å². The van der Waals surface area contributed by atoms with E-state index in [4.69, 9.17) is 10.5 Å². The molecule has 0 spiro atoms. The highest BCUT2D eigenvalue weighted by atomic mass is 16.6. The highest BCUT2D eigenvalue weighted by Gasteiger charge is 2.18. The van der Waals surface area contributed by atoms with Gasteiger partial charge in [-0.1, -0.05) is 36.9 Å². The first-order chi connectivity index (χ1) is 10.4. The third-order valence-electron chi connectivity index (χ3n) is 2.82. The molecular weight excluding hydrogens is 286 g/mol. The summed E-state index contributed by atoms with van der Waals surface area (Å²) < 4.78 is 9.41. The lowest BCUT2D eigenvalue weighted by molar-refractivity contribution is -0.159. The maximum atomic E-state index is 11.6. The quantitative estimate of drug-likeness (QED) is 0.607. The molecule has 0 bridgehead atoms. The number of hydrogen-bond donors (Lipinski definition) is 1. The summed E-state index contributed by atoms with van der Waals surface area (Å²) in [6.07, 6.45) is 1.75. The van der Waals surface area contributed by atoms with Gasteiger partial charge in [-0.15, -0.1) is 0 Å². The largest absolute Gasteiger partial charge is 0.461 e. The molecule has 2 N–H and O–H groups in total. The summed E-state index contributed by atoms with van der Waals surface area (Å²) in [5.41, 5.74) is 7.33. The molecule has 0 aliphatic rings. The van der Waals surface area contributed by atoms with E-state index in [0.717, 1.165) is 18.1 Å². The summed E-state index contributed by atoms with van der Waals surface area (Å²) in [7, 11) is 0. The van der Waals surface area contributed by atoms with Crippen molar-refractivity contribution in [1.82, 2.24) is 0 Å². The Morgan fingerprint density at radius 3 is 2.45 bits per heavy atom. The van der Waals surface area contributed by atoms with Crippen molar-refractivity contribution >= 4 is 24.0 Å². The van der Waals surface area contributed by atoms with Crippen LogP contribution in [-0.4, -0.2) is 23.9 Å². The molecule has 0 saturated carbocycles. The minimum absolute atomic E-state index is 0.0289. The molecule has 0 saturated heterocycles. The summed E-state index contributed by atoms with van der Waals surface area (Å²) in [6.45, 7) is 4.90. The Balaban J connectivity index is 2.32. The molecule has 0 radical (unpaired) electrons. The predicted octanol–water partition coefficient (Wildman–Crippen LogP) is 1.57. The second kappa shape index (κ2) is 8.74. The van der Waals surface area contributed by atoms with Crippen LogP contribution < -0.4 is 5.73 Å². The van der Waals surface area contributed by atoms with Crippen LogP contribution in [0.1, 0.15) is 30.9 Å². The van der Waals surface area contributed by atoms with Gasteiger partial charge in [0.25, 0.3) is 0 Å². The van der Waals surface area contributed by atoms with E-state index >= 15 is 0 Å². The Hall–Kier alpha value is -2.47. The molecule has 1 atom stereocenters. The van der Waals surface area contributed by atoms with E-state index in [1.165, 1.54) is 0 Å². The van der Waals surface area contributed by atoms with E-state index in [-0.39, 0.29) is 19.4 Å². The number of nitrogens with two attached hydrogens (primary N) is 1. The number of benzene rings is 1. The van der Waals surface area contributed by atoms with Gasteiger partial charge < -0.3 is 15.2 Å². The van der Waals surface area contributed by atoms with Crippen molar-refractivity contribution in [2.75, 3.05) is 0 Å². The van der Waals surface area contributed by atoms with Crippen LogP contribution in [0.15, 0.2) is 30.8 Å². The Morgan fingerprint density at radius 2 is 1.91 bits per heavy atom. The van der Waals surface area contributed by atoms with Crippen LogP contribution >= 0.6 is 0 Å². The Morgan fingerprint density at radius 1 is 1.27 bits per heavy atom. The summed E-state index contributed by atoms with van der Waals surface area (Å²) >= 11 is 0. The Labute approximate surface area is 128 Å². The molecule has 0 aliphatic carbocycles. The number of rotatable bonds is 7. The zero-order valence-electron chi connectivity index (χ0n) is 12.4. The zero-order chi connectivity index (χ0) is 16.5. The van der Waals surface area contributed by atoms with E-state index < -0.39 is 23.9 Å². The summed E-state index contributed by atoms with van der Waals surface area (Å²) in [5, 5.41) is 0. The van der Waals surface area contributed by atoms with Gasteiger partial charge >= 0.3 is 17.9 Å². The van der Waals surface area contributed by atoms with Crippen molar-refractivity contribution in [2.45, 2.75) is 32.4 Å². The highest BCUT2D eigenvalue weighted by molar-refractivity contribution is 5.87. The van der Waals surface area contributed by atoms with Crippen molar-refractivity contribution in [1.29, 1.82) is 0 Å². The molecule has 0 amide bonds. The van der Waals surface area contributed by atoms with Crippen LogP contribution in [-0.2, 0) is 30.5 Å². The second-order valence-corrected chi connectivity index (χ2v) is 4.66. The van der Waals surface area contributed by atoms with Gasteiger partial charge in [-0.25, -0.2) is 4.79 Å². The van der Waals surface area contributed by atoms with Gasteiger partial charge in [-0.05, 0) is 17.5 Å². The average molecular weight is 305 g/mol. The summed E-state index contributed by atoms with van der Waals surface area (Å²) in [6, 6.07) is 6.37. The number of esters is 3. The smallest absolute Gasteiger partial charge is 0.330 e. The Kier molecular flexibility index (Phi) is 6.98. The fraction of sp³-hybridized carbons (Fsp3) is 0.312.